The second-order valence-corrected chi connectivity index (χ2v) is 12.5. The fourth-order valence-electron chi connectivity index (χ4n) is 5.96. The predicted molar refractivity (Wildman–Crippen MR) is 175 cm³/mol. The van der Waals surface area contributed by atoms with Crippen LogP contribution in [0.3, 0.4) is 0 Å². The molecule has 0 bridgehead atoms. The van der Waals surface area contributed by atoms with E-state index in [2.05, 4.69) is 17.6 Å². The zero-order valence-corrected chi connectivity index (χ0v) is 25.9. The molecule has 4 aromatic heterocycles. The number of hydrogen-bond acceptors (Lipinski definition) is 6. The number of hydrogen-bond donors (Lipinski definition) is 3. The van der Waals surface area contributed by atoms with Gasteiger partial charge in [0.1, 0.15) is 21.8 Å². The average molecular weight is 609 g/mol. The average Bonchev–Trinajstić information content (AvgIpc) is 3.39. The molecule has 2 amide bonds. The second kappa shape index (κ2) is 12.6. The van der Waals surface area contributed by atoms with E-state index in [1.54, 1.807) is 16.8 Å². The lowest BCUT2D eigenvalue weighted by atomic mass is 9.95. The maximum absolute atomic E-state index is 14.0. The van der Waals surface area contributed by atoms with Crippen molar-refractivity contribution in [3.63, 3.8) is 0 Å². The lowest BCUT2D eigenvalue weighted by molar-refractivity contribution is 0.102. The molecule has 10 heteroatoms. The Morgan fingerprint density at radius 2 is 1.77 bits per heavy atom. The number of anilines is 2. The van der Waals surface area contributed by atoms with E-state index in [1.165, 1.54) is 21.8 Å². The van der Waals surface area contributed by atoms with Crippen molar-refractivity contribution < 1.29 is 9.59 Å². The molecule has 0 atom stereocenters. The largest absolute Gasteiger partial charge is 0.322 e. The molecular formula is C34H36N6O3S. The van der Waals surface area contributed by atoms with Gasteiger partial charge in [-0.15, -0.1) is 11.3 Å². The van der Waals surface area contributed by atoms with Crippen molar-refractivity contribution in [2.45, 2.75) is 71.8 Å². The molecule has 0 aliphatic heterocycles. The number of thiophene rings is 1. The van der Waals surface area contributed by atoms with Crippen molar-refractivity contribution in [1.29, 1.82) is 5.41 Å². The van der Waals surface area contributed by atoms with E-state index in [-0.39, 0.29) is 27.9 Å². The van der Waals surface area contributed by atoms with E-state index < -0.39 is 5.91 Å². The number of carbonyl (C=O) groups is 2. The van der Waals surface area contributed by atoms with Gasteiger partial charge in [0.05, 0.1) is 16.5 Å². The fraction of sp³-hybridized carbons (Fsp3) is 0.324. The Morgan fingerprint density at radius 1 is 0.977 bits per heavy atom. The molecule has 3 N–H and O–H groups in total. The minimum Gasteiger partial charge on any atom is -0.322 e. The number of pyridine rings is 2. The van der Waals surface area contributed by atoms with Gasteiger partial charge in [-0.2, -0.15) is 0 Å². The maximum Gasteiger partial charge on any atom is 0.267 e. The summed E-state index contributed by atoms with van der Waals surface area (Å²) >= 11 is 1.42. The summed E-state index contributed by atoms with van der Waals surface area (Å²) in [5.41, 5.74) is 3.68. The van der Waals surface area contributed by atoms with Crippen LogP contribution >= 0.6 is 11.3 Å². The van der Waals surface area contributed by atoms with E-state index in [0.29, 0.717) is 34.1 Å². The van der Waals surface area contributed by atoms with Crippen molar-refractivity contribution in [2.24, 2.45) is 0 Å². The fourth-order valence-corrected chi connectivity index (χ4v) is 7.25. The molecule has 0 unspecified atom stereocenters. The number of amides is 2. The molecule has 1 aliphatic rings. The number of fused-ring (bicyclic) bond motifs is 3. The third kappa shape index (κ3) is 5.57. The Kier molecular flexibility index (Phi) is 8.43. The molecule has 1 aliphatic carbocycles. The van der Waals surface area contributed by atoms with Crippen LogP contribution in [0.2, 0.25) is 0 Å². The highest BCUT2D eigenvalue weighted by Gasteiger charge is 2.28. The highest BCUT2D eigenvalue weighted by Crippen LogP contribution is 2.38. The molecule has 44 heavy (non-hydrogen) atoms. The van der Waals surface area contributed by atoms with Crippen LogP contribution in [-0.4, -0.2) is 25.8 Å². The van der Waals surface area contributed by atoms with Gasteiger partial charge in [-0.1, -0.05) is 50.5 Å². The summed E-state index contributed by atoms with van der Waals surface area (Å²) in [5.74, 6) is -0.800. The van der Waals surface area contributed by atoms with E-state index in [9.17, 15) is 14.4 Å². The van der Waals surface area contributed by atoms with Gasteiger partial charge in [0.15, 0.2) is 0 Å². The SMILES string of the molecule is CCCCCCn1c(=N)c(C(=O)Nc2sc3c(c2C(=O)Nc2ccccc2)CCCC3)cc2c(=O)n3cccc(C)c3nc21. The number of nitrogens with zero attached hydrogens (tertiary/aromatic N) is 3. The van der Waals surface area contributed by atoms with Crippen molar-refractivity contribution in [2.75, 3.05) is 10.6 Å². The van der Waals surface area contributed by atoms with Crippen LogP contribution in [0.25, 0.3) is 16.7 Å². The Bertz CT molecular complexity index is 2010. The van der Waals surface area contributed by atoms with Crippen LogP contribution < -0.4 is 21.7 Å². The van der Waals surface area contributed by atoms with E-state index in [4.69, 9.17) is 10.4 Å². The van der Waals surface area contributed by atoms with Crippen molar-refractivity contribution in [3.8, 4) is 0 Å². The first-order valence-electron chi connectivity index (χ1n) is 15.3. The molecule has 1 aromatic carbocycles. The number of aromatic nitrogens is 3. The highest BCUT2D eigenvalue weighted by atomic mass is 32.1. The maximum atomic E-state index is 14.0. The van der Waals surface area contributed by atoms with Gasteiger partial charge in [-0.05, 0) is 74.4 Å². The normalized spacial score (nSPS) is 12.8. The quantitative estimate of drug-likeness (QED) is 0.131. The topological polar surface area (TPSA) is 121 Å². The van der Waals surface area contributed by atoms with Crippen molar-refractivity contribution >= 4 is 50.5 Å². The summed E-state index contributed by atoms with van der Waals surface area (Å²) in [5, 5.41) is 15.8. The second-order valence-electron chi connectivity index (χ2n) is 11.3. The number of unbranched alkanes of at least 4 members (excludes halogenated alkanes) is 3. The van der Waals surface area contributed by atoms with E-state index in [1.807, 2.05) is 43.3 Å². The van der Waals surface area contributed by atoms with Gasteiger partial charge in [0, 0.05) is 23.3 Å². The van der Waals surface area contributed by atoms with E-state index >= 15 is 0 Å². The number of aryl methyl sites for hydroxylation is 3. The summed E-state index contributed by atoms with van der Waals surface area (Å²) in [6.07, 6.45) is 9.19. The van der Waals surface area contributed by atoms with Gasteiger partial charge < -0.3 is 15.2 Å². The Balaban J connectivity index is 1.44. The van der Waals surface area contributed by atoms with Gasteiger partial charge in [-0.3, -0.25) is 24.2 Å². The minimum absolute atomic E-state index is 0.00654. The first-order chi connectivity index (χ1) is 21.4. The first-order valence-corrected chi connectivity index (χ1v) is 16.1. The zero-order chi connectivity index (χ0) is 30.8. The molecule has 4 heterocycles. The Labute approximate surface area is 259 Å². The predicted octanol–water partition coefficient (Wildman–Crippen LogP) is 6.46. The molecular weight excluding hydrogens is 572 g/mol. The van der Waals surface area contributed by atoms with Gasteiger partial charge in [0.2, 0.25) is 0 Å². The van der Waals surface area contributed by atoms with Crippen LogP contribution in [0.15, 0.2) is 59.5 Å². The van der Waals surface area contributed by atoms with Crippen LogP contribution in [-0.2, 0) is 19.4 Å². The van der Waals surface area contributed by atoms with Gasteiger partial charge in [0.25, 0.3) is 17.4 Å². The van der Waals surface area contributed by atoms with Crippen LogP contribution in [0, 0.1) is 12.3 Å². The molecule has 0 spiro atoms. The highest BCUT2D eigenvalue weighted by molar-refractivity contribution is 7.17. The molecule has 9 nitrogen and oxygen atoms in total. The molecule has 0 radical (unpaired) electrons. The van der Waals surface area contributed by atoms with Gasteiger partial charge in [-0.25, -0.2) is 4.98 Å². The molecule has 0 fully saturated rings. The number of carbonyl (C=O) groups excluding carboxylic acids is 2. The number of nitrogens with one attached hydrogen (secondary N) is 3. The minimum atomic E-state index is -0.527. The van der Waals surface area contributed by atoms with Crippen LogP contribution in [0.1, 0.15) is 82.2 Å². The standard InChI is InChI=1S/C34H36N6O3S/c1-3-4-5-11-18-39-28(35)24(20-25-30(39)37-29-21(2)13-12-19-40(29)34(25)43)31(41)38-33-27(23-16-9-10-17-26(23)44-33)32(42)36-22-14-7-6-8-15-22/h6-8,12-15,19-20,35H,3-5,9-11,16-18H2,1-2H3,(H,36,42)(H,38,41). The molecule has 0 saturated heterocycles. The number of benzene rings is 1. The monoisotopic (exact) mass is 608 g/mol. The smallest absolute Gasteiger partial charge is 0.267 e. The van der Waals surface area contributed by atoms with Gasteiger partial charge >= 0.3 is 0 Å². The third-order valence-electron chi connectivity index (χ3n) is 8.27. The van der Waals surface area contributed by atoms with Crippen LogP contribution in [0.4, 0.5) is 10.7 Å². The number of rotatable bonds is 9. The van der Waals surface area contributed by atoms with Crippen molar-refractivity contribution in [1.82, 2.24) is 14.0 Å². The Hall–Kier alpha value is -4.57. The van der Waals surface area contributed by atoms with Crippen LogP contribution in [0.5, 0.6) is 0 Å². The molecule has 226 valence electrons. The summed E-state index contributed by atoms with van der Waals surface area (Å²) < 4.78 is 3.18. The lowest BCUT2D eigenvalue weighted by Crippen LogP contribution is -2.32. The Morgan fingerprint density at radius 3 is 2.57 bits per heavy atom. The zero-order valence-electron chi connectivity index (χ0n) is 25.0. The van der Waals surface area contributed by atoms with E-state index in [0.717, 1.165) is 67.4 Å². The third-order valence-corrected chi connectivity index (χ3v) is 9.48. The van der Waals surface area contributed by atoms with Crippen molar-refractivity contribution in [3.05, 3.63) is 97.7 Å². The molecule has 6 rings (SSSR count). The summed E-state index contributed by atoms with van der Waals surface area (Å²) in [6.45, 7) is 4.50. The lowest BCUT2D eigenvalue weighted by Gasteiger charge is -2.16. The summed E-state index contributed by atoms with van der Waals surface area (Å²) in [6, 6.07) is 14.4. The first kappa shape index (κ1) is 29.5. The molecule has 0 saturated carbocycles. The number of para-hydroxylation sites is 1. The summed E-state index contributed by atoms with van der Waals surface area (Å²) in [4.78, 5) is 47.2. The summed E-state index contributed by atoms with van der Waals surface area (Å²) in [7, 11) is 0. The molecule has 5 aromatic rings.